The van der Waals surface area contributed by atoms with Gasteiger partial charge in [-0.2, -0.15) is 0 Å². The third kappa shape index (κ3) is 7.02. The molecule has 8 heteroatoms. The van der Waals surface area contributed by atoms with Crippen molar-refractivity contribution in [1.82, 2.24) is 5.32 Å². The molecular weight excluding hydrogens is 528 g/mol. The van der Waals surface area contributed by atoms with E-state index in [9.17, 15) is 13.2 Å². The molecular formula is C31H32N2O4S2. The highest BCUT2D eigenvalue weighted by atomic mass is 32.2. The Morgan fingerprint density at radius 1 is 0.897 bits per heavy atom. The first-order chi connectivity index (χ1) is 18.8. The molecule has 4 rings (SSSR count). The Bertz CT molecular complexity index is 1490. The first kappa shape index (κ1) is 28.3. The van der Waals surface area contributed by atoms with Crippen LogP contribution in [0.2, 0.25) is 0 Å². The molecule has 1 amide bonds. The molecule has 202 valence electrons. The van der Waals surface area contributed by atoms with Gasteiger partial charge in [0.05, 0.1) is 23.2 Å². The molecule has 0 aromatic heterocycles. The van der Waals surface area contributed by atoms with Crippen molar-refractivity contribution in [2.45, 2.75) is 29.7 Å². The first-order valence-electron chi connectivity index (χ1n) is 12.6. The number of hydrogen-bond acceptors (Lipinski definition) is 5. The molecule has 1 atom stereocenters. The molecule has 1 unspecified atom stereocenters. The molecule has 0 radical (unpaired) electrons. The minimum absolute atomic E-state index is 0.111. The van der Waals surface area contributed by atoms with Crippen LogP contribution in [0.3, 0.4) is 0 Å². The zero-order valence-corrected chi connectivity index (χ0v) is 23.8. The summed E-state index contributed by atoms with van der Waals surface area (Å²) in [5, 5.41) is 3.08. The number of nitrogens with zero attached hydrogens (tertiary/aromatic N) is 1. The Hall–Kier alpha value is -3.75. The molecule has 1 N–H and O–H groups in total. The molecule has 6 nitrogen and oxygen atoms in total. The maximum Gasteiger partial charge on any atom is 0.264 e. The second kappa shape index (κ2) is 12.9. The van der Waals surface area contributed by atoms with Crippen molar-refractivity contribution in [3.05, 3.63) is 120 Å². The molecule has 0 saturated carbocycles. The number of amides is 1. The Morgan fingerprint density at radius 2 is 1.56 bits per heavy atom. The van der Waals surface area contributed by atoms with E-state index in [0.717, 1.165) is 25.9 Å². The monoisotopic (exact) mass is 560 g/mol. The lowest BCUT2D eigenvalue weighted by molar-refractivity contribution is -0.120. The number of nitrogens with one attached hydrogen (secondary N) is 1. The molecule has 0 fully saturated rings. The summed E-state index contributed by atoms with van der Waals surface area (Å²) in [4.78, 5) is 14.6. The highest BCUT2D eigenvalue weighted by molar-refractivity contribution is 7.98. The lowest BCUT2D eigenvalue weighted by Crippen LogP contribution is -2.42. The zero-order chi connectivity index (χ0) is 27.8. The summed E-state index contributed by atoms with van der Waals surface area (Å²) >= 11 is 1.53. The predicted octanol–water partition coefficient (Wildman–Crippen LogP) is 6.22. The molecule has 0 aliphatic heterocycles. The number of hydrogen-bond donors (Lipinski definition) is 1. The van der Waals surface area contributed by atoms with E-state index in [4.69, 9.17) is 4.74 Å². The van der Waals surface area contributed by atoms with Crippen LogP contribution in [0.1, 0.15) is 29.7 Å². The number of carbonyl (C=O) groups excluding carboxylic acids is 1. The van der Waals surface area contributed by atoms with E-state index in [0.29, 0.717) is 18.0 Å². The number of sulfonamides is 1. The summed E-state index contributed by atoms with van der Waals surface area (Å²) in [5.41, 5.74) is 3.25. The molecule has 0 spiro atoms. The van der Waals surface area contributed by atoms with Crippen LogP contribution in [0.5, 0.6) is 5.75 Å². The lowest BCUT2D eigenvalue weighted by atomic mass is 9.97. The molecule has 0 saturated heterocycles. The van der Waals surface area contributed by atoms with E-state index in [-0.39, 0.29) is 4.90 Å². The maximum absolute atomic E-state index is 13.9. The van der Waals surface area contributed by atoms with Gasteiger partial charge >= 0.3 is 0 Å². The average molecular weight is 561 g/mol. The van der Waals surface area contributed by atoms with Gasteiger partial charge in [-0.25, -0.2) is 8.42 Å². The normalized spacial score (nSPS) is 12.0. The highest BCUT2D eigenvalue weighted by Gasteiger charge is 2.28. The topological polar surface area (TPSA) is 75.7 Å². The van der Waals surface area contributed by atoms with Crippen molar-refractivity contribution in [2.24, 2.45) is 0 Å². The minimum Gasteiger partial charge on any atom is -0.494 e. The van der Waals surface area contributed by atoms with E-state index in [1.54, 1.807) is 48.5 Å². The summed E-state index contributed by atoms with van der Waals surface area (Å²) < 4.78 is 34.4. The molecule has 0 aliphatic rings. The molecule has 39 heavy (non-hydrogen) atoms. The number of carbonyl (C=O) groups is 1. The number of aryl methyl sites for hydroxylation is 1. The molecule has 0 heterocycles. The van der Waals surface area contributed by atoms with E-state index in [1.807, 2.05) is 74.7 Å². The van der Waals surface area contributed by atoms with E-state index >= 15 is 0 Å². The van der Waals surface area contributed by atoms with Crippen LogP contribution in [0.4, 0.5) is 5.69 Å². The van der Waals surface area contributed by atoms with Crippen LogP contribution in [0, 0.1) is 6.92 Å². The third-order valence-corrected chi connectivity index (χ3v) is 8.72. The third-order valence-electron chi connectivity index (χ3n) is 6.18. The highest BCUT2D eigenvalue weighted by Crippen LogP contribution is 2.28. The van der Waals surface area contributed by atoms with Gasteiger partial charge in [-0.15, -0.1) is 11.8 Å². The quantitative estimate of drug-likeness (QED) is 0.221. The summed E-state index contributed by atoms with van der Waals surface area (Å²) in [7, 11) is -4.05. The SMILES string of the molecule is CCOc1ccc(N(CC(=O)NC(c2ccccc2)c2cccc(C)c2)S(=O)(=O)c2ccc(SC)cc2)cc1. The maximum atomic E-state index is 13.9. The second-order valence-electron chi connectivity index (χ2n) is 8.94. The molecule has 4 aromatic rings. The molecule has 0 bridgehead atoms. The van der Waals surface area contributed by atoms with Crippen LogP contribution < -0.4 is 14.4 Å². The summed E-state index contributed by atoms with van der Waals surface area (Å²) in [5.74, 6) is 0.194. The molecule has 0 aliphatic carbocycles. The van der Waals surface area contributed by atoms with E-state index in [1.165, 1.54) is 11.8 Å². The van der Waals surface area contributed by atoms with Gasteiger partial charge in [0.25, 0.3) is 10.0 Å². The average Bonchev–Trinajstić information content (AvgIpc) is 2.96. The first-order valence-corrected chi connectivity index (χ1v) is 15.3. The van der Waals surface area contributed by atoms with Crippen molar-refractivity contribution >= 4 is 33.4 Å². The fraction of sp³-hybridized carbons (Fsp3) is 0.194. The number of benzene rings is 4. The number of thioether (sulfide) groups is 1. The largest absolute Gasteiger partial charge is 0.494 e. The van der Waals surface area contributed by atoms with E-state index < -0.39 is 28.5 Å². The summed E-state index contributed by atoms with van der Waals surface area (Å²) in [6, 6.07) is 30.5. The van der Waals surface area contributed by atoms with Gasteiger partial charge in [-0.1, -0.05) is 60.2 Å². The minimum atomic E-state index is -4.05. The van der Waals surface area contributed by atoms with Gasteiger partial charge in [-0.3, -0.25) is 9.10 Å². The number of rotatable bonds is 11. The van der Waals surface area contributed by atoms with Crippen LogP contribution in [0.25, 0.3) is 0 Å². The van der Waals surface area contributed by atoms with Crippen molar-refractivity contribution in [2.75, 3.05) is 23.7 Å². The van der Waals surface area contributed by atoms with Gasteiger partial charge < -0.3 is 10.1 Å². The zero-order valence-electron chi connectivity index (χ0n) is 22.2. The molecule has 4 aromatic carbocycles. The standard InChI is InChI=1S/C31H32N2O4S2/c1-4-37-27-15-13-26(14-16-27)33(39(35,36)29-19-17-28(38-3)18-20-29)22-30(34)32-31(24-10-6-5-7-11-24)25-12-8-9-23(2)21-25/h5-21,31H,4,22H2,1-3H3,(H,32,34). The number of anilines is 1. The van der Waals surface area contributed by atoms with Crippen molar-refractivity contribution in [3.63, 3.8) is 0 Å². The van der Waals surface area contributed by atoms with Gasteiger partial charge in [0.2, 0.25) is 5.91 Å². The van der Waals surface area contributed by atoms with Crippen LogP contribution in [0.15, 0.2) is 113 Å². The van der Waals surface area contributed by atoms with Crippen LogP contribution in [-0.2, 0) is 14.8 Å². The predicted molar refractivity (Wildman–Crippen MR) is 158 cm³/mol. The van der Waals surface area contributed by atoms with Gasteiger partial charge in [-0.05, 0) is 79.8 Å². The van der Waals surface area contributed by atoms with Gasteiger partial charge in [0.15, 0.2) is 0 Å². The Kier molecular flexibility index (Phi) is 9.32. The van der Waals surface area contributed by atoms with Gasteiger partial charge in [0, 0.05) is 4.90 Å². The fourth-order valence-electron chi connectivity index (χ4n) is 4.26. The number of ether oxygens (including phenoxy) is 1. The lowest BCUT2D eigenvalue weighted by Gasteiger charge is -2.26. The Labute approximate surface area is 235 Å². The van der Waals surface area contributed by atoms with Crippen molar-refractivity contribution < 1.29 is 17.9 Å². The van der Waals surface area contributed by atoms with Crippen LogP contribution >= 0.6 is 11.8 Å². The van der Waals surface area contributed by atoms with E-state index in [2.05, 4.69) is 5.32 Å². The van der Waals surface area contributed by atoms with Crippen LogP contribution in [-0.4, -0.2) is 33.7 Å². The van der Waals surface area contributed by atoms with Gasteiger partial charge in [0.1, 0.15) is 12.3 Å². The fourth-order valence-corrected chi connectivity index (χ4v) is 6.09. The smallest absolute Gasteiger partial charge is 0.264 e. The summed E-state index contributed by atoms with van der Waals surface area (Å²) in [6.45, 7) is 3.97. The second-order valence-corrected chi connectivity index (χ2v) is 11.7. The van der Waals surface area contributed by atoms with Crippen molar-refractivity contribution in [1.29, 1.82) is 0 Å². The summed E-state index contributed by atoms with van der Waals surface area (Å²) in [6.07, 6.45) is 1.93. The Morgan fingerprint density at radius 3 is 2.18 bits per heavy atom. The van der Waals surface area contributed by atoms with Crippen molar-refractivity contribution in [3.8, 4) is 5.75 Å². The Balaban J connectivity index is 1.68.